The first-order valence-corrected chi connectivity index (χ1v) is 15.9. The van der Waals surface area contributed by atoms with Crippen LogP contribution in [-0.2, 0) is 9.59 Å². The Morgan fingerprint density at radius 2 is 1.47 bits per heavy atom. The van der Waals surface area contributed by atoms with Gasteiger partial charge in [0.05, 0.1) is 7.11 Å². The molecule has 236 valence electrons. The maximum Gasteiger partial charge on any atom is 0.272 e. The number of rotatable bonds is 11. The fourth-order valence-electron chi connectivity index (χ4n) is 4.79. The van der Waals surface area contributed by atoms with Gasteiger partial charge in [-0.1, -0.05) is 78.9 Å². The van der Waals surface area contributed by atoms with E-state index in [1.165, 1.54) is 11.8 Å². The summed E-state index contributed by atoms with van der Waals surface area (Å²) in [6.45, 7) is 3.95. The van der Waals surface area contributed by atoms with E-state index in [0.29, 0.717) is 22.6 Å². The monoisotopic (exact) mass is 641 g/mol. The van der Waals surface area contributed by atoms with E-state index in [1.807, 2.05) is 92.7 Å². The molecule has 3 amide bonds. The number of carbonyl (C=O) groups is 3. The van der Waals surface area contributed by atoms with E-state index in [9.17, 15) is 14.4 Å². The van der Waals surface area contributed by atoms with E-state index in [4.69, 9.17) is 4.74 Å². The molecule has 3 N–H and O–H groups in total. The standard InChI is InChI=1S/C39H35N3O4S/c1-26-20-21-27(2)34(22-26)41-39(45)36(29-13-6-4-7-14-29)47-33-19-11-17-31(25-33)40-38(44)35(24-28-12-10-18-32(23-28)46-3)42-37(43)30-15-8-5-9-16-30/h4-25,36H,1-3H3,(H,40,44)(H,41,45)(H,42,43)/b35-24-. The first kappa shape index (κ1) is 32.8. The number of aryl methyl sites for hydroxylation is 2. The lowest BCUT2D eigenvalue weighted by molar-refractivity contribution is -0.116. The van der Waals surface area contributed by atoms with Crippen LogP contribution in [0.2, 0.25) is 0 Å². The molecular formula is C39H35N3O4S. The summed E-state index contributed by atoms with van der Waals surface area (Å²) in [7, 11) is 1.56. The molecule has 0 heterocycles. The van der Waals surface area contributed by atoms with Crippen LogP contribution >= 0.6 is 11.8 Å². The van der Waals surface area contributed by atoms with Gasteiger partial charge in [-0.2, -0.15) is 0 Å². The highest BCUT2D eigenvalue weighted by Gasteiger charge is 2.23. The van der Waals surface area contributed by atoms with Gasteiger partial charge in [0.25, 0.3) is 11.8 Å². The maximum atomic E-state index is 13.7. The highest BCUT2D eigenvalue weighted by molar-refractivity contribution is 8.00. The Balaban J connectivity index is 1.39. The van der Waals surface area contributed by atoms with Gasteiger partial charge in [-0.05, 0) is 90.7 Å². The van der Waals surface area contributed by atoms with Gasteiger partial charge in [0.2, 0.25) is 5.91 Å². The molecule has 0 saturated heterocycles. The van der Waals surface area contributed by atoms with Gasteiger partial charge in [0.15, 0.2) is 0 Å². The summed E-state index contributed by atoms with van der Waals surface area (Å²) >= 11 is 1.38. The number of ether oxygens (including phenoxy) is 1. The average molecular weight is 642 g/mol. The van der Waals surface area contributed by atoms with Gasteiger partial charge in [-0.3, -0.25) is 14.4 Å². The lowest BCUT2D eigenvalue weighted by Gasteiger charge is -2.19. The Morgan fingerprint density at radius 3 is 2.21 bits per heavy atom. The SMILES string of the molecule is COc1cccc(/C=C(\NC(=O)c2ccccc2)C(=O)Nc2cccc(SC(C(=O)Nc3cc(C)ccc3C)c3ccccc3)c2)c1. The van der Waals surface area contributed by atoms with E-state index in [1.54, 1.807) is 61.7 Å². The molecule has 5 rings (SSSR count). The van der Waals surface area contributed by atoms with Crippen LogP contribution in [0.25, 0.3) is 6.08 Å². The van der Waals surface area contributed by atoms with Gasteiger partial charge < -0.3 is 20.7 Å². The second kappa shape index (κ2) is 15.6. The summed E-state index contributed by atoms with van der Waals surface area (Å²) in [5.41, 5.74) is 5.30. The fraction of sp³-hybridized carbons (Fsp3) is 0.103. The van der Waals surface area contributed by atoms with Gasteiger partial charge in [0, 0.05) is 21.8 Å². The van der Waals surface area contributed by atoms with Crippen molar-refractivity contribution in [1.82, 2.24) is 5.32 Å². The minimum Gasteiger partial charge on any atom is -0.497 e. The summed E-state index contributed by atoms with van der Waals surface area (Å²) in [5, 5.41) is 8.23. The molecule has 0 aliphatic rings. The van der Waals surface area contributed by atoms with E-state index in [-0.39, 0.29) is 11.6 Å². The first-order valence-electron chi connectivity index (χ1n) is 15.0. The Kier molecular flexibility index (Phi) is 10.9. The Bertz CT molecular complexity index is 1910. The molecule has 0 radical (unpaired) electrons. The van der Waals surface area contributed by atoms with Crippen molar-refractivity contribution in [3.05, 3.63) is 161 Å². The summed E-state index contributed by atoms with van der Waals surface area (Å²) in [5.74, 6) is -0.463. The minimum atomic E-state index is -0.559. The van der Waals surface area contributed by atoms with Crippen LogP contribution in [0.3, 0.4) is 0 Å². The molecule has 7 nitrogen and oxygen atoms in total. The quantitative estimate of drug-likeness (QED) is 0.0998. The summed E-state index contributed by atoms with van der Waals surface area (Å²) < 4.78 is 5.33. The smallest absolute Gasteiger partial charge is 0.272 e. The fourth-order valence-corrected chi connectivity index (χ4v) is 5.88. The molecule has 0 fully saturated rings. The maximum absolute atomic E-state index is 13.7. The number of hydrogen-bond acceptors (Lipinski definition) is 5. The summed E-state index contributed by atoms with van der Waals surface area (Å²) in [6.07, 6.45) is 1.60. The molecule has 47 heavy (non-hydrogen) atoms. The van der Waals surface area contributed by atoms with Crippen LogP contribution in [0.1, 0.15) is 37.9 Å². The number of nitrogens with one attached hydrogen (secondary N) is 3. The van der Waals surface area contributed by atoms with Crippen LogP contribution in [0.4, 0.5) is 11.4 Å². The molecule has 0 aromatic heterocycles. The lowest BCUT2D eigenvalue weighted by Crippen LogP contribution is -2.30. The predicted molar refractivity (Wildman–Crippen MR) is 190 cm³/mol. The van der Waals surface area contributed by atoms with Crippen molar-refractivity contribution in [1.29, 1.82) is 0 Å². The molecule has 1 unspecified atom stereocenters. The molecule has 0 bridgehead atoms. The molecule has 5 aromatic rings. The van der Waals surface area contributed by atoms with Gasteiger partial charge in [-0.15, -0.1) is 11.8 Å². The van der Waals surface area contributed by atoms with Crippen LogP contribution in [0.15, 0.2) is 138 Å². The van der Waals surface area contributed by atoms with Crippen LogP contribution < -0.4 is 20.7 Å². The topological polar surface area (TPSA) is 96.5 Å². The highest BCUT2D eigenvalue weighted by atomic mass is 32.2. The van der Waals surface area contributed by atoms with E-state index >= 15 is 0 Å². The molecule has 8 heteroatoms. The van der Waals surface area contributed by atoms with Crippen molar-refractivity contribution in [2.45, 2.75) is 24.0 Å². The zero-order chi connectivity index (χ0) is 33.2. The number of methoxy groups -OCH3 is 1. The second-order valence-electron chi connectivity index (χ2n) is 10.9. The zero-order valence-electron chi connectivity index (χ0n) is 26.3. The van der Waals surface area contributed by atoms with Crippen molar-refractivity contribution < 1.29 is 19.1 Å². The van der Waals surface area contributed by atoms with E-state index < -0.39 is 17.1 Å². The Hall–Kier alpha value is -5.60. The third kappa shape index (κ3) is 8.99. The Labute approximate surface area is 279 Å². The molecular weight excluding hydrogens is 607 g/mol. The Morgan fingerprint density at radius 1 is 0.745 bits per heavy atom. The molecule has 1 atom stereocenters. The third-order valence-corrected chi connectivity index (χ3v) is 8.52. The van der Waals surface area contributed by atoms with Crippen molar-refractivity contribution >= 4 is 46.9 Å². The number of benzene rings is 5. The minimum absolute atomic E-state index is 0.0558. The van der Waals surface area contributed by atoms with Crippen molar-refractivity contribution in [2.75, 3.05) is 17.7 Å². The highest BCUT2D eigenvalue weighted by Crippen LogP contribution is 2.37. The lowest BCUT2D eigenvalue weighted by atomic mass is 10.1. The molecule has 0 spiro atoms. The third-order valence-electron chi connectivity index (χ3n) is 7.27. The molecule has 0 aliphatic heterocycles. The van der Waals surface area contributed by atoms with Crippen LogP contribution in [-0.4, -0.2) is 24.8 Å². The average Bonchev–Trinajstić information content (AvgIpc) is 3.09. The normalized spacial score (nSPS) is 11.7. The number of anilines is 2. The number of hydrogen-bond donors (Lipinski definition) is 3. The van der Waals surface area contributed by atoms with Gasteiger partial charge in [-0.25, -0.2) is 0 Å². The van der Waals surface area contributed by atoms with Crippen LogP contribution in [0, 0.1) is 13.8 Å². The van der Waals surface area contributed by atoms with Crippen molar-refractivity contribution in [3.8, 4) is 5.75 Å². The van der Waals surface area contributed by atoms with Crippen LogP contribution in [0.5, 0.6) is 5.75 Å². The first-order chi connectivity index (χ1) is 22.8. The number of carbonyl (C=O) groups excluding carboxylic acids is 3. The van der Waals surface area contributed by atoms with E-state index in [0.717, 1.165) is 27.3 Å². The molecule has 0 saturated carbocycles. The summed E-state index contributed by atoms with van der Waals surface area (Å²) in [6, 6.07) is 38.7. The van der Waals surface area contributed by atoms with E-state index in [2.05, 4.69) is 16.0 Å². The molecule has 0 aliphatic carbocycles. The summed E-state index contributed by atoms with van der Waals surface area (Å²) in [4.78, 5) is 41.2. The number of amides is 3. The second-order valence-corrected chi connectivity index (χ2v) is 12.0. The van der Waals surface area contributed by atoms with Gasteiger partial charge >= 0.3 is 0 Å². The molecule has 5 aromatic carbocycles. The van der Waals surface area contributed by atoms with Crippen molar-refractivity contribution in [2.24, 2.45) is 0 Å². The van der Waals surface area contributed by atoms with Crippen molar-refractivity contribution in [3.63, 3.8) is 0 Å². The zero-order valence-corrected chi connectivity index (χ0v) is 27.1. The predicted octanol–water partition coefficient (Wildman–Crippen LogP) is 8.19. The number of thioether (sulfide) groups is 1. The largest absolute Gasteiger partial charge is 0.497 e. The van der Waals surface area contributed by atoms with Gasteiger partial charge in [0.1, 0.15) is 16.7 Å².